The van der Waals surface area contributed by atoms with Gasteiger partial charge < -0.3 is 14.8 Å². The number of aryl methyl sites for hydroxylation is 1. The molecule has 0 radical (unpaired) electrons. The van der Waals surface area contributed by atoms with Gasteiger partial charge >= 0.3 is 5.97 Å². The molecule has 5 heteroatoms. The molecule has 0 amide bonds. The topological polar surface area (TPSA) is 47.6 Å². The Balaban J connectivity index is 2.17. The average molecular weight is 253 g/mol. The molecule has 98 valence electrons. The van der Waals surface area contributed by atoms with Gasteiger partial charge in [-0.1, -0.05) is 0 Å². The Morgan fingerprint density at radius 1 is 1.50 bits per heavy atom. The van der Waals surface area contributed by atoms with E-state index in [1.807, 2.05) is 0 Å². The van der Waals surface area contributed by atoms with E-state index in [-0.39, 0.29) is 25.0 Å². The van der Waals surface area contributed by atoms with Crippen molar-refractivity contribution in [3.8, 4) is 0 Å². The molecule has 1 saturated heterocycles. The van der Waals surface area contributed by atoms with Crippen LogP contribution < -0.4 is 5.32 Å². The lowest BCUT2D eigenvalue weighted by Gasteiger charge is -2.40. The summed E-state index contributed by atoms with van der Waals surface area (Å²) in [5.41, 5.74) is 0.469. The summed E-state index contributed by atoms with van der Waals surface area (Å²) in [6, 6.07) is 4.56. The van der Waals surface area contributed by atoms with Crippen molar-refractivity contribution in [2.24, 2.45) is 0 Å². The minimum atomic E-state index is -0.879. The predicted octanol–water partition coefficient (Wildman–Crippen LogP) is 1.88. The maximum atomic E-state index is 13.3. The highest BCUT2D eigenvalue weighted by Crippen LogP contribution is 2.26. The maximum Gasteiger partial charge on any atom is 0.336 e. The van der Waals surface area contributed by atoms with Gasteiger partial charge in [0.2, 0.25) is 0 Å². The van der Waals surface area contributed by atoms with Crippen molar-refractivity contribution in [2.75, 3.05) is 25.1 Å². The van der Waals surface area contributed by atoms with Crippen LogP contribution in [0.2, 0.25) is 0 Å². The van der Waals surface area contributed by atoms with Gasteiger partial charge in [0.1, 0.15) is 5.82 Å². The molecule has 1 aromatic rings. The third kappa shape index (κ3) is 2.46. The first kappa shape index (κ1) is 12.8. The third-order valence-corrected chi connectivity index (χ3v) is 2.79. The number of carbonyl (C=O) groups excluding carboxylic acids is 1. The number of nitrogens with one attached hydrogen (secondary N) is 1. The molecule has 4 nitrogen and oxygen atoms in total. The van der Waals surface area contributed by atoms with Crippen molar-refractivity contribution < 1.29 is 18.7 Å². The minimum absolute atomic E-state index is 0.237. The van der Waals surface area contributed by atoms with Crippen LogP contribution in [0, 0.1) is 12.7 Å². The van der Waals surface area contributed by atoms with Crippen molar-refractivity contribution >= 4 is 11.7 Å². The Hall–Kier alpha value is -1.62. The van der Waals surface area contributed by atoms with E-state index in [0.717, 1.165) is 5.56 Å². The number of ether oxygens (including phenoxy) is 2. The molecule has 18 heavy (non-hydrogen) atoms. The van der Waals surface area contributed by atoms with Crippen LogP contribution >= 0.6 is 0 Å². The van der Waals surface area contributed by atoms with Crippen molar-refractivity contribution in [3.05, 3.63) is 29.6 Å². The molecule has 0 spiro atoms. The molecule has 1 heterocycles. The van der Waals surface area contributed by atoms with Gasteiger partial charge in [0, 0.05) is 5.69 Å². The first-order valence-corrected chi connectivity index (χ1v) is 5.86. The Bertz CT molecular complexity index is 437. The molecule has 0 atom stereocenters. The first-order chi connectivity index (χ1) is 8.55. The van der Waals surface area contributed by atoms with E-state index in [4.69, 9.17) is 9.47 Å². The van der Waals surface area contributed by atoms with E-state index >= 15 is 0 Å². The zero-order valence-electron chi connectivity index (χ0n) is 10.5. The van der Waals surface area contributed by atoms with Gasteiger partial charge in [0.25, 0.3) is 0 Å². The average Bonchev–Trinajstić information content (AvgIpc) is 2.22. The molecule has 0 aromatic heterocycles. The van der Waals surface area contributed by atoms with Crippen molar-refractivity contribution in [1.82, 2.24) is 0 Å². The summed E-state index contributed by atoms with van der Waals surface area (Å²) in [6.45, 7) is 4.33. The van der Waals surface area contributed by atoms with E-state index in [1.54, 1.807) is 19.9 Å². The van der Waals surface area contributed by atoms with Crippen LogP contribution in [-0.2, 0) is 14.3 Å². The van der Waals surface area contributed by atoms with Crippen molar-refractivity contribution in [3.63, 3.8) is 0 Å². The van der Waals surface area contributed by atoms with Gasteiger partial charge in [0.05, 0.1) is 19.8 Å². The van der Waals surface area contributed by atoms with E-state index in [0.29, 0.717) is 12.3 Å². The molecular weight excluding hydrogens is 237 g/mol. The highest BCUT2D eigenvalue weighted by atomic mass is 19.1. The molecule has 1 aliphatic heterocycles. The SMILES string of the molecule is CCOC(=O)C1(Nc2cc(C)cc(F)c2)COC1. The standard InChI is InChI=1S/C13H16FNO3/c1-3-18-12(16)13(7-17-8-13)15-11-5-9(2)4-10(14)6-11/h4-6,15H,3,7-8H2,1-2H3. The van der Waals surface area contributed by atoms with Gasteiger partial charge in [-0.15, -0.1) is 0 Å². The van der Waals surface area contributed by atoms with Crippen LogP contribution in [0.3, 0.4) is 0 Å². The highest BCUT2D eigenvalue weighted by molar-refractivity contribution is 5.86. The quantitative estimate of drug-likeness (QED) is 0.832. The number of hydrogen-bond acceptors (Lipinski definition) is 4. The summed E-state index contributed by atoms with van der Waals surface area (Å²) in [7, 11) is 0. The predicted molar refractivity (Wildman–Crippen MR) is 64.9 cm³/mol. The fourth-order valence-electron chi connectivity index (χ4n) is 1.90. The van der Waals surface area contributed by atoms with Crippen LogP contribution in [0.4, 0.5) is 10.1 Å². The molecule has 0 aliphatic carbocycles. The summed E-state index contributed by atoms with van der Waals surface area (Å²) in [4.78, 5) is 11.9. The molecular formula is C13H16FNO3. The summed E-state index contributed by atoms with van der Waals surface area (Å²) in [6.07, 6.45) is 0. The summed E-state index contributed by atoms with van der Waals surface area (Å²) < 4.78 is 23.4. The monoisotopic (exact) mass is 253 g/mol. The number of hydrogen-bond donors (Lipinski definition) is 1. The molecule has 0 bridgehead atoms. The number of rotatable bonds is 4. The van der Waals surface area contributed by atoms with E-state index in [1.165, 1.54) is 12.1 Å². The van der Waals surface area contributed by atoms with Crippen LogP contribution in [0.15, 0.2) is 18.2 Å². The lowest BCUT2D eigenvalue weighted by molar-refractivity contribution is -0.164. The van der Waals surface area contributed by atoms with E-state index in [2.05, 4.69) is 5.32 Å². The zero-order valence-corrected chi connectivity index (χ0v) is 10.5. The van der Waals surface area contributed by atoms with Crippen LogP contribution in [-0.4, -0.2) is 31.3 Å². The van der Waals surface area contributed by atoms with Crippen LogP contribution in [0.5, 0.6) is 0 Å². The Morgan fingerprint density at radius 3 is 2.72 bits per heavy atom. The Kier molecular flexibility index (Phi) is 3.52. The smallest absolute Gasteiger partial charge is 0.336 e. The fraction of sp³-hybridized carbons (Fsp3) is 0.462. The van der Waals surface area contributed by atoms with Crippen LogP contribution in [0.25, 0.3) is 0 Å². The summed E-state index contributed by atoms with van der Waals surface area (Å²) in [5.74, 6) is -0.699. The summed E-state index contributed by atoms with van der Waals surface area (Å²) in [5, 5.41) is 3.02. The normalized spacial score (nSPS) is 16.8. The van der Waals surface area contributed by atoms with Crippen molar-refractivity contribution in [1.29, 1.82) is 0 Å². The Morgan fingerprint density at radius 2 is 2.22 bits per heavy atom. The lowest BCUT2D eigenvalue weighted by atomic mass is 9.97. The number of benzene rings is 1. The van der Waals surface area contributed by atoms with Gasteiger partial charge in [-0.05, 0) is 37.6 Å². The second-order valence-electron chi connectivity index (χ2n) is 4.44. The number of anilines is 1. The molecule has 1 aromatic carbocycles. The minimum Gasteiger partial charge on any atom is -0.464 e. The van der Waals surface area contributed by atoms with E-state index in [9.17, 15) is 9.18 Å². The van der Waals surface area contributed by atoms with Gasteiger partial charge in [-0.25, -0.2) is 9.18 Å². The number of carbonyl (C=O) groups is 1. The Labute approximate surface area is 105 Å². The van der Waals surface area contributed by atoms with Crippen molar-refractivity contribution in [2.45, 2.75) is 19.4 Å². The number of halogens is 1. The lowest BCUT2D eigenvalue weighted by Crippen LogP contribution is -2.62. The largest absolute Gasteiger partial charge is 0.464 e. The first-order valence-electron chi connectivity index (χ1n) is 5.86. The zero-order chi connectivity index (χ0) is 13.2. The van der Waals surface area contributed by atoms with E-state index < -0.39 is 5.54 Å². The van der Waals surface area contributed by atoms with Crippen LogP contribution in [0.1, 0.15) is 12.5 Å². The van der Waals surface area contributed by atoms with Gasteiger partial charge in [0.15, 0.2) is 5.54 Å². The number of esters is 1. The molecule has 1 fully saturated rings. The second-order valence-corrected chi connectivity index (χ2v) is 4.44. The fourth-order valence-corrected chi connectivity index (χ4v) is 1.90. The summed E-state index contributed by atoms with van der Waals surface area (Å²) >= 11 is 0. The maximum absolute atomic E-state index is 13.3. The molecule has 0 unspecified atom stereocenters. The van der Waals surface area contributed by atoms with Gasteiger partial charge in [-0.3, -0.25) is 0 Å². The molecule has 1 N–H and O–H groups in total. The molecule has 0 saturated carbocycles. The second kappa shape index (κ2) is 4.94. The molecule has 2 rings (SSSR count). The van der Waals surface area contributed by atoms with Gasteiger partial charge in [-0.2, -0.15) is 0 Å². The molecule has 1 aliphatic rings. The highest BCUT2D eigenvalue weighted by Gasteiger charge is 2.47. The third-order valence-electron chi connectivity index (χ3n) is 2.79.